The molecule has 0 unspecified atom stereocenters. The van der Waals surface area contributed by atoms with E-state index in [0.717, 1.165) is 25.7 Å². The number of carbonyl (C=O) groups is 2. The Morgan fingerprint density at radius 3 is 2.90 bits per heavy atom. The van der Waals surface area contributed by atoms with Crippen molar-refractivity contribution in [1.29, 1.82) is 0 Å². The Morgan fingerprint density at radius 1 is 1.24 bits per heavy atom. The van der Waals surface area contributed by atoms with Crippen LogP contribution in [0.25, 0.3) is 0 Å². The van der Waals surface area contributed by atoms with E-state index in [-0.39, 0.29) is 23.7 Å². The van der Waals surface area contributed by atoms with Crippen molar-refractivity contribution in [3.8, 4) is 0 Å². The number of benzene rings is 1. The topological polar surface area (TPSA) is 62.3 Å². The number of nitrogens with one attached hydrogen (secondary N) is 1. The molecule has 0 radical (unpaired) electrons. The minimum absolute atomic E-state index is 0.0350. The summed E-state index contributed by atoms with van der Waals surface area (Å²) >= 11 is 0. The van der Waals surface area contributed by atoms with E-state index < -0.39 is 5.54 Å². The van der Waals surface area contributed by atoms with Crippen LogP contribution in [-0.2, 0) is 11.2 Å². The maximum Gasteiger partial charge on any atom is 0.272 e. The normalized spacial score (nSPS) is 24.4. The predicted molar refractivity (Wildman–Crippen MR) is 108 cm³/mol. The summed E-state index contributed by atoms with van der Waals surface area (Å²) in [6.45, 7) is 2.70. The summed E-state index contributed by atoms with van der Waals surface area (Å²) < 4.78 is 14.0. The zero-order valence-corrected chi connectivity index (χ0v) is 16.7. The molecule has 2 aliphatic rings. The smallest absolute Gasteiger partial charge is 0.272 e. The standard InChI is InChI=1S/C23H26FN3O2/c1-23-13-6-14-27(20(23)11-5-12-21(28)26-23)22(29)19-10-4-8-17(25-19)15-16-7-2-3-9-18(16)24/h2-4,7-10,20H,5-6,11-15H2,1H3,(H,26,28)/t20-,23-/m0/s1. The molecule has 3 heterocycles. The lowest BCUT2D eigenvalue weighted by atomic mass is 9.81. The Bertz CT molecular complexity index is 932. The van der Waals surface area contributed by atoms with Crippen molar-refractivity contribution in [3.63, 3.8) is 0 Å². The molecule has 0 aliphatic carbocycles. The van der Waals surface area contributed by atoms with Gasteiger partial charge >= 0.3 is 0 Å². The highest BCUT2D eigenvalue weighted by atomic mass is 19.1. The molecule has 0 saturated carbocycles. The van der Waals surface area contributed by atoms with Crippen LogP contribution in [0.2, 0.25) is 0 Å². The fourth-order valence-electron chi connectivity index (χ4n) is 4.66. The van der Waals surface area contributed by atoms with Crippen molar-refractivity contribution < 1.29 is 14.0 Å². The summed E-state index contributed by atoms with van der Waals surface area (Å²) in [5.41, 5.74) is 1.20. The molecule has 5 nitrogen and oxygen atoms in total. The molecule has 1 N–H and O–H groups in total. The van der Waals surface area contributed by atoms with Crippen LogP contribution in [0.5, 0.6) is 0 Å². The van der Waals surface area contributed by atoms with Crippen LogP contribution in [-0.4, -0.2) is 39.8 Å². The first-order chi connectivity index (χ1) is 14.0. The van der Waals surface area contributed by atoms with Crippen LogP contribution in [0.4, 0.5) is 4.39 Å². The molecule has 152 valence electrons. The quantitative estimate of drug-likeness (QED) is 0.866. The largest absolute Gasteiger partial charge is 0.349 e. The Hall–Kier alpha value is -2.76. The van der Waals surface area contributed by atoms with Crippen LogP contribution in [0.15, 0.2) is 42.5 Å². The van der Waals surface area contributed by atoms with Gasteiger partial charge in [0, 0.05) is 25.1 Å². The van der Waals surface area contributed by atoms with Gasteiger partial charge < -0.3 is 10.2 Å². The second-order valence-electron chi connectivity index (χ2n) is 8.26. The van der Waals surface area contributed by atoms with E-state index in [0.29, 0.717) is 36.3 Å². The maximum atomic E-state index is 14.0. The number of fused-ring (bicyclic) bond motifs is 1. The van der Waals surface area contributed by atoms with Gasteiger partial charge in [0.15, 0.2) is 0 Å². The number of aromatic nitrogens is 1. The Balaban J connectivity index is 1.57. The fourth-order valence-corrected chi connectivity index (χ4v) is 4.66. The second kappa shape index (κ2) is 7.93. The van der Waals surface area contributed by atoms with Gasteiger partial charge in [0.25, 0.3) is 5.91 Å². The van der Waals surface area contributed by atoms with Crippen LogP contribution in [0.1, 0.15) is 60.8 Å². The lowest BCUT2D eigenvalue weighted by molar-refractivity contribution is -0.123. The van der Waals surface area contributed by atoms with Crippen molar-refractivity contribution in [2.24, 2.45) is 0 Å². The van der Waals surface area contributed by atoms with E-state index in [9.17, 15) is 14.0 Å². The number of halogens is 1. The third-order valence-corrected chi connectivity index (χ3v) is 6.13. The minimum atomic E-state index is -0.397. The molecule has 2 fully saturated rings. The number of amides is 2. The van der Waals surface area contributed by atoms with E-state index in [1.807, 2.05) is 17.9 Å². The number of hydrogen-bond donors (Lipinski definition) is 1. The highest BCUT2D eigenvalue weighted by Crippen LogP contribution is 2.33. The molecule has 2 saturated heterocycles. The highest BCUT2D eigenvalue weighted by molar-refractivity contribution is 5.93. The fraction of sp³-hybridized carbons (Fsp3) is 0.435. The zero-order valence-electron chi connectivity index (χ0n) is 16.7. The third-order valence-electron chi connectivity index (χ3n) is 6.13. The van der Waals surface area contributed by atoms with Crippen molar-refractivity contribution in [1.82, 2.24) is 15.2 Å². The van der Waals surface area contributed by atoms with Gasteiger partial charge in [-0.3, -0.25) is 9.59 Å². The first-order valence-corrected chi connectivity index (χ1v) is 10.3. The monoisotopic (exact) mass is 395 g/mol. The van der Waals surface area contributed by atoms with E-state index in [1.165, 1.54) is 6.07 Å². The van der Waals surface area contributed by atoms with E-state index in [2.05, 4.69) is 10.3 Å². The van der Waals surface area contributed by atoms with Crippen molar-refractivity contribution in [2.45, 2.75) is 57.0 Å². The molecule has 29 heavy (non-hydrogen) atoms. The summed E-state index contributed by atoms with van der Waals surface area (Å²) in [5.74, 6) is -0.325. The van der Waals surface area contributed by atoms with Gasteiger partial charge in [0.2, 0.25) is 5.91 Å². The number of nitrogens with zero attached hydrogens (tertiary/aromatic N) is 2. The second-order valence-corrected chi connectivity index (χ2v) is 8.26. The van der Waals surface area contributed by atoms with Gasteiger partial charge in [-0.05, 0) is 56.4 Å². The maximum absolute atomic E-state index is 14.0. The molecule has 2 aromatic rings. The van der Waals surface area contributed by atoms with Gasteiger partial charge in [-0.2, -0.15) is 0 Å². The van der Waals surface area contributed by atoms with Crippen molar-refractivity contribution in [2.75, 3.05) is 6.54 Å². The van der Waals surface area contributed by atoms with E-state index in [4.69, 9.17) is 0 Å². The van der Waals surface area contributed by atoms with Crippen LogP contribution >= 0.6 is 0 Å². The summed E-state index contributed by atoms with van der Waals surface area (Å²) in [6, 6.07) is 11.9. The molecule has 0 spiro atoms. The van der Waals surface area contributed by atoms with Gasteiger partial charge in [-0.1, -0.05) is 24.3 Å². The van der Waals surface area contributed by atoms with Gasteiger partial charge in [-0.15, -0.1) is 0 Å². The highest BCUT2D eigenvalue weighted by Gasteiger charge is 2.45. The molecular weight excluding hydrogens is 369 g/mol. The molecule has 6 heteroatoms. The Kier molecular flexibility index (Phi) is 5.35. The first-order valence-electron chi connectivity index (χ1n) is 10.3. The number of hydrogen-bond acceptors (Lipinski definition) is 3. The Labute approximate surface area is 170 Å². The van der Waals surface area contributed by atoms with E-state index in [1.54, 1.807) is 30.3 Å². The number of pyridine rings is 1. The molecule has 0 bridgehead atoms. The molecule has 1 aromatic heterocycles. The molecule has 2 atom stereocenters. The molecule has 1 aromatic carbocycles. The van der Waals surface area contributed by atoms with Gasteiger partial charge in [-0.25, -0.2) is 9.37 Å². The average Bonchev–Trinajstić information content (AvgIpc) is 2.86. The summed E-state index contributed by atoms with van der Waals surface area (Å²) in [4.78, 5) is 31.8. The minimum Gasteiger partial charge on any atom is -0.349 e. The lowest BCUT2D eigenvalue weighted by Crippen LogP contribution is -2.63. The SMILES string of the molecule is C[C@]12CCCN(C(=O)c3cccc(Cc4ccccc4F)n3)[C@H]1CCCC(=O)N2. The number of piperidine rings is 1. The van der Waals surface area contributed by atoms with Crippen LogP contribution < -0.4 is 5.32 Å². The lowest BCUT2D eigenvalue weighted by Gasteiger charge is -2.47. The Morgan fingerprint density at radius 2 is 2.07 bits per heavy atom. The predicted octanol–water partition coefficient (Wildman–Crippen LogP) is 3.47. The number of likely N-dealkylation sites (tertiary alicyclic amines) is 1. The molecule has 4 rings (SSSR count). The summed E-state index contributed by atoms with van der Waals surface area (Å²) in [5, 5.41) is 3.15. The van der Waals surface area contributed by atoms with Crippen LogP contribution in [0, 0.1) is 5.82 Å². The van der Waals surface area contributed by atoms with Gasteiger partial charge in [0.05, 0.1) is 11.6 Å². The molecular formula is C23H26FN3O2. The summed E-state index contributed by atoms with van der Waals surface area (Å²) in [7, 11) is 0. The number of rotatable bonds is 3. The summed E-state index contributed by atoms with van der Waals surface area (Å²) in [6.07, 6.45) is 4.13. The van der Waals surface area contributed by atoms with Gasteiger partial charge in [0.1, 0.15) is 11.5 Å². The first kappa shape index (κ1) is 19.6. The molecule has 2 aliphatic heterocycles. The zero-order chi connectivity index (χ0) is 20.4. The number of carbonyl (C=O) groups excluding carboxylic acids is 2. The molecule has 2 amide bonds. The van der Waals surface area contributed by atoms with Crippen LogP contribution in [0.3, 0.4) is 0 Å². The van der Waals surface area contributed by atoms with Crippen molar-refractivity contribution >= 4 is 11.8 Å². The van der Waals surface area contributed by atoms with Crippen molar-refractivity contribution in [3.05, 3.63) is 65.2 Å². The van der Waals surface area contributed by atoms with E-state index >= 15 is 0 Å². The average molecular weight is 395 g/mol. The third kappa shape index (κ3) is 4.02.